The molecule has 0 spiro atoms. The van der Waals surface area contributed by atoms with Crippen LogP contribution in [0.2, 0.25) is 0 Å². The maximum absolute atomic E-state index is 4.22. The molecule has 1 heteroatoms. The Bertz CT molecular complexity index is 179. The van der Waals surface area contributed by atoms with Gasteiger partial charge in [-0.3, -0.25) is 4.98 Å². The Hall–Kier alpha value is -0.850. The smallest absolute Gasteiger partial charge is 0.0406 e. The van der Waals surface area contributed by atoms with Gasteiger partial charge in [-0.05, 0) is 24.5 Å². The lowest BCUT2D eigenvalue weighted by atomic mass is 10.1. The van der Waals surface area contributed by atoms with Crippen LogP contribution in [0.5, 0.6) is 0 Å². The molecule has 68 valence electrons. The molecule has 0 aliphatic rings. The van der Waals surface area contributed by atoms with E-state index in [4.69, 9.17) is 0 Å². The number of hydrogen-bond donors (Lipinski definition) is 0. The molecule has 1 rings (SSSR count). The lowest BCUT2D eigenvalue weighted by Crippen LogP contribution is -1.95. The Kier molecular flexibility index (Phi) is 6.35. The summed E-state index contributed by atoms with van der Waals surface area (Å²) in [7, 11) is 0. The highest BCUT2D eigenvalue weighted by Crippen LogP contribution is 2.02. The highest BCUT2D eigenvalue weighted by molar-refractivity contribution is 5.03. The van der Waals surface area contributed by atoms with Crippen molar-refractivity contribution >= 4 is 0 Å². The Labute approximate surface area is 75.8 Å². The summed E-state index contributed by atoms with van der Waals surface area (Å²) in [5.74, 6) is 0.704. The molecule has 1 heterocycles. The third kappa shape index (κ3) is 4.89. The van der Waals surface area contributed by atoms with Gasteiger partial charge in [-0.2, -0.15) is 0 Å². The standard InChI is InChI=1S/C9H13N.C2H6/c1-8(2)7-9-5-3-4-6-10-9;1-2/h3-6,8H,7H2,1-2H3;1-2H3. The molecule has 0 aromatic carbocycles. The van der Waals surface area contributed by atoms with Crippen LogP contribution in [0.3, 0.4) is 0 Å². The van der Waals surface area contributed by atoms with Gasteiger partial charge in [0, 0.05) is 11.9 Å². The summed E-state index contributed by atoms with van der Waals surface area (Å²) in [6.45, 7) is 8.41. The van der Waals surface area contributed by atoms with E-state index >= 15 is 0 Å². The number of aromatic nitrogens is 1. The van der Waals surface area contributed by atoms with Gasteiger partial charge in [0.15, 0.2) is 0 Å². The van der Waals surface area contributed by atoms with Crippen LogP contribution in [-0.4, -0.2) is 4.98 Å². The third-order valence-electron chi connectivity index (χ3n) is 1.34. The lowest BCUT2D eigenvalue weighted by molar-refractivity contribution is 0.635. The third-order valence-corrected chi connectivity index (χ3v) is 1.34. The molecular weight excluding hydrogens is 146 g/mol. The lowest BCUT2D eigenvalue weighted by Gasteiger charge is -2.01. The molecule has 0 aliphatic heterocycles. The van der Waals surface area contributed by atoms with Gasteiger partial charge in [0.25, 0.3) is 0 Å². The molecule has 1 nitrogen and oxygen atoms in total. The summed E-state index contributed by atoms with van der Waals surface area (Å²) in [4.78, 5) is 4.22. The molecule has 0 N–H and O–H groups in total. The predicted octanol–water partition coefficient (Wildman–Crippen LogP) is 3.31. The zero-order valence-electron chi connectivity index (χ0n) is 8.54. The second-order valence-corrected chi connectivity index (χ2v) is 2.92. The van der Waals surface area contributed by atoms with Crippen molar-refractivity contribution in [2.45, 2.75) is 34.1 Å². The van der Waals surface area contributed by atoms with Gasteiger partial charge in [0.05, 0.1) is 0 Å². The molecular formula is C11H19N. The number of pyridine rings is 1. The van der Waals surface area contributed by atoms with Crippen molar-refractivity contribution in [1.82, 2.24) is 4.98 Å². The van der Waals surface area contributed by atoms with Crippen molar-refractivity contribution in [2.24, 2.45) is 5.92 Å². The quantitative estimate of drug-likeness (QED) is 0.655. The van der Waals surface area contributed by atoms with E-state index in [1.807, 2.05) is 32.2 Å². The van der Waals surface area contributed by atoms with E-state index in [0.717, 1.165) is 6.42 Å². The van der Waals surface area contributed by atoms with E-state index in [-0.39, 0.29) is 0 Å². The van der Waals surface area contributed by atoms with Gasteiger partial charge in [0.2, 0.25) is 0 Å². The maximum Gasteiger partial charge on any atom is 0.0406 e. The fourth-order valence-electron chi connectivity index (χ4n) is 0.937. The Morgan fingerprint density at radius 3 is 2.33 bits per heavy atom. The first-order chi connectivity index (χ1) is 5.79. The molecule has 1 aromatic rings. The molecule has 12 heavy (non-hydrogen) atoms. The van der Waals surface area contributed by atoms with Crippen molar-refractivity contribution in [3.8, 4) is 0 Å². The first kappa shape index (κ1) is 11.2. The van der Waals surface area contributed by atoms with Crippen molar-refractivity contribution in [1.29, 1.82) is 0 Å². The highest BCUT2D eigenvalue weighted by Gasteiger charge is 1.95. The van der Waals surface area contributed by atoms with E-state index < -0.39 is 0 Å². The molecule has 0 aliphatic carbocycles. The summed E-state index contributed by atoms with van der Waals surface area (Å²) in [6, 6.07) is 6.05. The number of hydrogen-bond acceptors (Lipinski definition) is 1. The van der Waals surface area contributed by atoms with Gasteiger partial charge in [-0.1, -0.05) is 33.8 Å². The largest absolute Gasteiger partial charge is 0.261 e. The fourth-order valence-corrected chi connectivity index (χ4v) is 0.937. The van der Waals surface area contributed by atoms with Crippen LogP contribution < -0.4 is 0 Å². The fraction of sp³-hybridized carbons (Fsp3) is 0.545. The minimum Gasteiger partial charge on any atom is -0.261 e. The maximum atomic E-state index is 4.22. The van der Waals surface area contributed by atoms with Crippen LogP contribution >= 0.6 is 0 Å². The zero-order valence-corrected chi connectivity index (χ0v) is 8.54. The SMILES string of the molecule is CC.CC(C)Cc1ccccn1. The van der Waals surface area contributed by atoms with Gasteiger partial charge < -0.3 is 0 Å². The number of nitrogens with zero attached hydrogens (tertiary/aromatic N) is 1. The van der Waals surface area contributed by atoms with Crippen LogP contribution in [0.15, 0.2) is 24.4 Å². The van der Waals surface area contributed by atoms with E-state index in [1.54, 1.807) is 0 Å². The normalized spacial score (nSPS) is 9.08. The summed E-state index contributed by atoms with van der Waals surface area (Å²) in [5, 5.41) is 0. The van der Waals surface area contributed by atoms with Gasteiger partial charge in [-0.25, -0.2) is 0 Å². The van der Waals surface area contributed by atoms with Gasteiger partial charge in [0.1, 0.15) is 0 Å². The Morgan fingerprint density at radius 2 is 1.92 bits per heavy atom. The average Bonchev–Trinajstić information content (AvgIpc) is 2.08. The van der Waals surface area contributed by atoms with Crippen molar-refractivity contribution in [3.05, 3.63) is 30.1 Å². The minimum absolute atomic E-state index is 0.704. The molecule has 1 aromatic heterocycles. The molecule has 0 amide bonds. The summed E-state index contributed by atoms with van der Waals surface area (Å²) < 4.78 is 0. The predicted molar refractivity (Wildman–Crippen MR) is 54.1 cm³/mol. The van der Waals surface area contributed by atoms with Gasteiger partial charge in [-0.15, -0.1) is 0 Å². The van der Waals surface area contributed by atoms with Crippen LogP contribution in [0.25, 0.3) is 0 Å². The second kappa shape index (κ2) is 6.84. The molecule has 0 unspecified atom stereocenters. The van der Waals surface area contributed by atoms with E-state index in [9.17, 15) is 0 Å². The van der Waals surface area contributed by atoms with Crippen LogP contribution in [0, 0.1) is 5.92 Å². The minimum atomic E-state index is 0.704. The molecule has 0 fully saturated rings. The first-order valence-corrected chi connectivity index (χ1v) is 4.69. The Balaban J connectivity index is 0.000000561. The van der Waals surface area contributed by atoms with Crippen molar-refractivity contribution < 1.29 is 0 Å². The zero-order chi connectivity index (χ0) is 9.40. The molecule has 0 atom stereocenters. The molecule has 0 radical (unpaired) electrons. The number of rotatable bonds is 2. The molecule has 0 bridgehead atoms. The van der Waals surface area contributed by atoms with Crippen LogP contribution in [0.4, 0.5) is 0 Å². The van der Waals surface area contributed by atoms with Crippen LogP contribution in [-0.2, 0) is 6.42 Å². The monoisotopic (exact) mass is 165 g/mol. The molecule has 0 saturated carbocycles. The Morgan fingerprint density at radius 1 is 1.25 bits per heavy atom. The first-order valence-electron chi connectivity index (χ1n) is 4.69. The van der Waals surface area contributed by atoms with Crippen molar-refractivity contribution in [2.75, 3.05) is 0 Å². The molecule has 0 saturated heterocycles. The second-order valence-electron chi connectivity index (χ2n) is 2.92. The van der Waals surface area contributed by atoms with Crippen LogP contribution in [0.1, 0.15) is 33.4 Å². The van der Waals surface area contributed by atoms with Crippen molar-refractivity contribution in [3.63, 3.8) is 0 Å². The van der Waals surface area contributed by atoms with E-state index in [2.05, 4.69) is 24.9 Å². The summed E-state index contributed by atoms with van der Waals surface area (Å²) in [5.41, 5.74) is 1.19. The average molecular weight is 165 g/mol. The topological polar surface area (TPSA) is 12.9 Å². The summed E-state index contributed by atoms with van der Waals surface area (Å²) >= 11 is 0. The summed E-state index contributed by atoms with van der Waals surface area (Å²) in [6.07, 6.45) is 2.93. The van der Waals surface area contributed by atoms with E-state index in [1.165, 1.54) is 5.69 Å². The highest BCUT2D eigenvalue weighted by atomic mass is 14.7. The van der Waals surface area contributed by atoms with E-state index in [0.29, 0.717) is 5.92 Å². The van der Waals surface area contributed by atoms with Gasteiger partial charge >= 0.3 is 0 Å².